The molecule has 4 nitrogen and oxygen atoms in total. The topological polar surface area (TPSA) is 66.6 Å². The lowest BCUT2D eigenvalue weighted by Gasteiger charge is -2.42. The fourth-order valence-corrected chi connectivity index (χ4v) is 2.54. The summed E-state index contributed by atoms with van der Waals surface area (Å²) in [5.41, 5.74) is 5.12. The Morgan fingerprint density at radius 1 is 1.50 bits per heavy atom. The predicted octanol–water partition coefficient (Wildman–Crippen LogP) is 1.30. The van der Waals surface area contributed by atoms with E-state index in [2.05, 4.69) is 18.7 Å². The number of likely N-dealkylation sites (tertiary alicyclic amines) is 1. The number of nitrogens with zero attached hydrogens (tertiary/aromatic N) is 1. The molecule has 4 heteroatoms. The molecular weight excluding hydrogens is 204 g/mol. The fourth-order valence-electron chi connectivity index (χ4n) is 2.54. The molecule has 0 saturated carbocycles. The summed E-state index contributed by atoms with van der Waals surface area (Å²) in [6.45, 7) is 7.58. The zero-order chi connectivity index (χ0) is 12.3. The van der Waals surface area contributed by atoms with Crippen LogP contribution in [-0.2, 0) is 4.79 Å². The molecule has 3 N–H and O–H groups in total. The first kappa shape index (κ1) is 13.5. The summed E-state index contributed by atoms with van der Waals surface area (Å²) in [6, 6.07) is 0.244. The molecule has 1 heterocycles. The number of carbonyl (C=O) groups is 1. The molecule has 1 aliphatic heterocycles. The average molecular weight is 228 g/mol. The van der Waals surface area contributed by atoms with Gasteiger partial charge in [-0.2, -0.15) is 0 Å². The molecule has 94 valence electrons. The normalized spacial score (nSPS) is 23.3. The largest absolute Gasteiger partial charge is 0.480 e. The molecule has 16 heavy (non-hydrogen) atoms. The molecule has 0 aromatic carbocycles. The maximum Gasteiger partial charge on any atom is 0.323 e. The number of nitrogens with two attached hydrogens (primary N) is 1. The van der Waals surface area contributed by atoms with E-state index in [9.17, 15) is 9.90 Å². The minimum absolute atomic E-state index is 0.244. The first-order chi connectivity index (χ1) is 7.36. The van der Waals surface area contributed by atoms with Crippen LogP contribution in [0.2, 0.25) is 0 Å². The van der Waals surface area contributed by atoms with E-state index >= 15 is 0 Å². The number of hydrogen-bond donors (Lipinski definition) is 2. The molecule has 1 atom stereocenters. The minimum atomic E-state index is -0.728. The monoisotopic (exact) mass is 228 g/mol. The zero-order valence-corrected chi connectivity index (χ0v) is 10.6. The third kappa shape index (κ3) is 2.95. The Kier molecular flexibility index (Phi) is 4.33. The van der Waals surface area contributed by atoms with Crippen molar-refractivity contribution in [3.8, 4) is 0 Å². The first-order valence-electron chi connectivity index (χ1n) is 6.10. The molecular formula is C12H24N2O2. The van der Waals surface area contributed by atoms with Crippen molar-refractivity contribution < 1.29 is 9.90 Å². The molecule has 0 aromatic rings. The summed E-state index contributed by atoms with van der Waals surface area (Å²) >= 11 is 0. The lowest BCUT2D eigenvalue weighted by atomic mass is 9.87. The molecule has 0 bridgehead atoms. The van der Waals surface area contributed by atoms with Crippen molar-refractivity contribution in [2.75, 3.05) is 13.1 Å². The third-order valence-electron chi connectivity index (χ3n) is 3.50. The highest BCUT2D eigenvalue weighted by molar-refractivity contribution is 5.78. The predicted molar refractivity (Wildman–Crippen MR) is 64.3 cm³/mol. The Bertz CT molecular complexity index is 247. The van der Waals surface area contributed by atoms with E-state index in [-0.39, 0.29) is 6.04 Å². The van der Waals surface area contributed by atoms with E-state index in [4.69, 9.17) is 5.73 Å². The molecule has 0 radical (unpaired) electrons. The van der Waals surface area contributed by atoms with Crippen molar-refractivity contribution in [3.05, 3.63) is 0 Å². The van der Waals surface area contributed by atoms with Gasteiger partial charge in [-0.05, 0) is 32.1 Å². The summed E-state index contributed by atoms with van der Waals surface area (Å²) < 4.78 is 0. The van der Waals surface area contributed by atoms with Gasteiger partial charge in [-0.15, -0.1) is 0 Å². The standard InChI is InChI=1S/C12H24N2O2/c1-9(2)8-12(3,11(15)16)14-6-4-10(13)5-7-14/h9-10H,4-8,13H2,1-3H3,(H,15,16). The molecule has 0 aromatic heterocycles. The maximum atomic E-state index is 11.5. The van der Waals surface area contributed by atoms with Gasteiger partial charge in [0.05, 0.1) is 0 Å². The summed E-state index contributed by atoms with van der Waals surface area (Å²) in [4.78, 5) is 13.5. The molecule has 1 rings (SSSR count). The van der Waals surface area contributed by atoms with E-state index in [1.165, 1.54) is 0 Å². The third-order valence-corrected chi connectivity index (χ3v) is 3.50. The fraction of sp³-hybridized carbons (Fsp3) is 0.917. The molecule has 0 aliphatic carbocycles. The second-order valence-electron chi connectivity index (χ2n) is 5.50. The first-order valence-corrected chi connectivity index (χ1v) is 6.10. The smallest absolute Gasteiger partial charge is 0.323 e. The van der Waals surface area contributed by atoms with Crippen LogP contribution in [0.4, 0.5) is 0 Å². The van der Waals surface area contributed by atoms with E-state index in [0.717, 1.165) is 25.9 Å². The highest BCUT2D eigenvalue weighted by atomic mass is 16.4. The van der Waals surface area contributed by atoms with Crippen molar-refractivity contribution >= 4 is 5.97 Å². The van der Waals surface area contributed by atoms with Crippen molar-refractivity contribution in [1.82, 2.24) is 4.90 Å². The SMILES string of the molecule is CC(C)CC(C)(C(=O)O)N1CCC(N)CC1. The van der Waals surface area contributed by atoms with Crippen LogP contribution >= 0.6 is 0 Å². The van der Waals surface area contributed by atoms with Crippen LogP contribution in [0.5, 0.6) is 0 Å². The van der Waals surface area contributed by atoms with Crippen LogP contribution in [0.3, 0.4) is 0 Å². The van der Waals surface area contributed by atoms with Crippen molar-refractivity contribution in [3.63, 3.8) is 0 Å². The van der Waals surface area contributed by atoms with Crippen molar-refractivity contribution in [2.24, 2.45) is 11.7 Å². The van der Waals surface area contributed by atoms with Gasteiger partial charge in [0, 0.05) is 19.1 Å². The van der Waals surface area contributed by atoms with Crippen molar-refractivity contribution in [1.29, 1.82) is 0 Å². The maximum absolute atomic E-state index is 11.5. The summed E-state index contributed by atoms with van der Waals surface area (Å²) in [5, 5.41) is 9.43. The van der Waals surface area contributed by atoms with Gasteiger partial charge < -0.3 is 10.8 Å². The second kappa shape index (κ2) is 5.15. The minimum Gasteiger partial charge on any atom is -0.480 e. The molecule has 1 fully saturated rings. The molecule has 0 amide bonds. The number of piperidine rings is 1. The van der Waals surface area contributed by atoms with Crippen LogP contribution in [0.1, 0.15) is 40.0 Å². The molecule has 1 unspecified atom stereocenters. The van der Waals surface area contributed by atoms with Gasteiger partial charge in [-0.25, -0.2) is 0 Å². The molecule has 1 aliphatic rings. The number of carboxylic acids is 1. The lowest BCUT2D eigenvalue weighted by molar-refractivity contribution is -0.152. The van der Waals surface area contributed by atoms with Gasteiger partial charge >= 0.3 is 5.97 Å². The highest BCUT2D eigenvalue weighted by Crippen LogP contribution is 2.27. The molecule has 1 saturated heterocycles. The number of aliphatic carboxylic acids is 1. The Morgan fingerprint density at radius 3 is 2.38 bits per heavy atom. The van der Waals surface area contributed by atoms with Gasteiger partial charge in [0.15, 0.2) is 0 Å². The Balaban J connectivity index is 2.73. The lowest BCUT2D eigenvalue weighted by Crippen LogP contribution is -2.57. The highest BCUT2D eigenvalue weighted by Gasteiger charge is 2.40. The van der Waals surface area contributed by atoms with E-state index in [1.54, 1.807) is 0 Å². The number of rotatable bonds is 4. The van der Waals surface area contributed by atoms with Gasteiger partial charge in [0.2, 0.25) is 0 Å². The van der Waals surface area contributed by atoms with E-state index in [1.807, 2.05) is 6.92 Å². The van der Waals surface area contributed by atoms with Crippen molar-refractivity contribution in [2.45, 2.75) is 51.6 Å². The zero-order valence-electron chi connectivity index (χ0n) is 10.6. The Hall–Kier alpha value is -0.610. The van der Waals surface area contributed by atoms with Gasteiger partial charge in [-0.3, -0.25) is 9.69 Å². The van der Waals surface area contributed by atoms with E-state index < -0.39 is 11.5 Å². The number of hydrogen-bond acceptors (Lipinski definition) is 3. The van der Waals surface area contributed by atoms with Crippen LogP contribution in [0, 0.1) is 5.92 Å². The van der Waals surface area contributed by atoms with Crippen LogP contribution in [0.15, 0.2) is 0 Å². The Morgan fingerprint density at radius 2 is 2.00 bits per heavy atom. The summed E-state index contributed by atoms with van der Waals surface area (Å²) in [6.07, 6.45) is 2.50. The quantitative estimate of drug-likeness (QED) is 0.761. The average Bonchev–Trinajstić information content (AvgIpc) is 2.17. The summed E-state index contributed by atoms with van der Waals surface area (Å²) in [7, 11) is 0. The second-order valence-corrected chi connectivity index (χ2v) is 5.50. The van der Waals surface area contributed by atoms with Crippen LogP contribution in [-0.4, -0.2) is 40.6 Å². The van der Waals surface area contributed by atoms with Crippen LogP contribution in [0.25, 0.3) is 0 Å². The Labute approximate surface area is 97.8 Å². The van der Waals surface area contributed by atoms with Gasteiger partial charge in [-0.1, -0.05) is 13.8 Å². The van der Waals surface area contributed by atoms with Crippen LogP contribution < -0.4 is 5.73 Å². The van der Waals surface area contributed by atoms with Gasteiger partial charge in [0.25, 0.3) is 0 Å². The van der Waals surface area contributed by atoms with E-state index in [0.29, 0.717) is 12.3 Å². The number of carboxylic acid groups (broad SMARTS) is 1. The summed E-state index contributed by atoms with van der Waals surface area (Å²) in [5.74, 6) is -0.326. The molecule has 0 spiro atoms. The van der Waals surface area contributed by atoms with Gasteiger partial charge in [0.1, 0.15) is 5.54 Å².